The van der Waals surface area contributed by atoms with Crippen molar-refractivity contribution >= 4 is 53.5 Å². The molecular weight excluding hydrogens is 637 g/mol. The molecule has 8 nitrogen and oxygen atoms in total. The molecule has 43 heavy (non-hydrogen) atoms. The number of fused-ring (bicyclic) bond motifs is 1. The van der Waals surface area contributed by atoms with Crippen LogP contribution in [0, 0.1) is 11.7 Å². The van der Waals surface area contributed by atoms with Crippen LogP contribution in [0.25, 0.3) is 10.9 Å². The molecule has 0 aliphatic carbocycles. The van der Waals surface area contributed by atoms with Gasteiger partial charge in [-0.1, -0.05) is 32.0 Å². The fourth-order valence-corrected chi connectivity index (χ4v) is 5.89. The first kappa shape index (κ1) is 30.7. The van der Waals surface area contributed by atoms with E-state index in [9.17, 15) is 12.8 Å². The third-order valence-electron chi connectivity index (χ3n) is 7.23. The number of aromatic nitrogens is 2. The highest BCUT2D eigenvalue weighted by Gasteiger charge is 2.35. The van der Waals surface area contributed by atoms with E-state index in [1.54, 1.807) is 12.3 Å². The molecule has 1 unspecified atom stereocenters. The van der Waals surface area contributed by atoms with Crippen LogP contribution in [0.5, 0.6) is 5.75 Å². The Morgan fingerprint density at radius 2 is 2.00 bits per heavy atom. The third kappa shape index (κ3) is 7.41. The Hall–Kier alpha value is -3.80. The highest BCUT2D eigenvalue weighted by atomic mass is 79.9. The van der Waals surface area contributed by atoms with Crippen LogP contribution in [0.4, 0.5) is 15.9 Å². The Labute approximate surface area is 259 Å². The molecule has 1 atom stereocenters. The van der Waals surface area contributed by atoms with Crippen molar-refractivity contribution in [1.82, 2.24) is 9.97 Å². The Kier molecular flexibility index (Phi) is 9.74. The monoisotopic (exact) mass is 667 g/mol. The maximum absolute atomic E-state index is 13.5. The summed E-state index contributed by atoms with van der Waals surface area (Å²) in [6.45, 7) is 4.28. The van der Waals surface area contributed by atoms with Gasteiger partial charge in [0.1, 0.15) is 35.9 Å². The summed E-state index contributed by atoms with van der Waals surface area (Å²) < 4.78 is 55.0. The second-order valence-corrected chi connectivity index (χ2v) is 12.3. The molecule has 5 rings (SSSR count). The molecule has 0 amide bonds. The quantitative estimate of drug-likeness (QED) is 0.126. The second kappa shape index (κ2) is 13.7. The van der Waals surface area contributed by atoms with Gasteiger partial charge in [-0.2, -0.15) is 8.42 Å². The minimum atomic E-state index is -2.28. The summed E-state index contributed by atoms with van der Waals surface area (Å²) in [7, 11) is -2.28. The van der Waals surface area contributed by atoms with Gasteiger partial charge in [-0.25, -0.2) is 14.4 Å². The topological polar surface area (TPSA) is 99.6 Å². The molecule has 0 bridgehead atoms. The Morgan fingerprint density at radius 1 is 1.14 bits per heavy atom. The zero-order chi connectivity index (χ0) is 30.4. The van der Waals surface area contributed by atoms with Crippen LogP contribution in [0.1, 0.15) is 37.8 Å². The predicted molar refractivity (Wildman–Crippen MR) is 168 cm³/mol. The summed E-state index contributed by atoms with van der Waals surface area (Å²) in [4.78, 5) is 9.30. The predicted octanol–water partition coefficient (Wildman–Crippen LogP) is 7.10. The van der Waals surface area contributed by atoms with E-state index in [0.29, 0.717) is 35.9 Å². The first-order valence-electron chi connectivity index (χ1n) is 13.8. The van der Waals surface area contributed by atoms with Gasteiger partial charge in [-0.15, -0.1) is 0 Å². The fraction of sp³-hybridized carbons (Fsp3) is 0.281. The standard InChI is InChI=1S/C32H31BrFN3O5S/c1-21(2)30(43(38)39)19-40-14-12-32(11-4-13-42-32)23-7-9-28-26(16-23)31(36-20-35-28)37-25-8-10-29(27(33)17-25)41-18-22-5-3-6-24(34)15-22/h3-10,13,15-17,20-21H,11-12,14,18-19H2,1-2H3,(H,35,36,37). The minimum Gasteiger partial charge on any atom is -0.490 e. The van der Waals surface area contributed by atoms with Crippen LogP contribution >= 0.6 is 15.9 Å². The van der Waals surface area contributed by atoms with E-state index in [1.165, 1.54) is 18.5 Å². The van der Waals surface area contributed by atoms with Gasteiger partial charge in [0.15, 0.2) is 0 Å². The van der Waals surface area contributed by atoms with Crippen molar-refractivity contribution in [2.45, 2.75) is 38.9 Å². The lowest BCUT2D eigenvalue weighted by Gasteiger charge is -2.29. The summed E-state index contributed by atoms with van der Waals surface area (Å²) in [5.41, 5.74) is 2.57. The lowest BCUT2D eigenvalue weighted by atomic mass is 9.87. The van der Waals surface area contributed by atoms with Crippen LogP contribution < -0.4 is 10.1 Å². The number of rotatable bonds is 12. The van der Waals surface area contributed by atoms with Crippen LogP contribution in [0.3, 0.4) is 0 Å². The zero-order valence-electron chi connectivity index (χ0n) is 23.7. The molecule has 4 aromatic rings. The average molecular weight is 669 g/mol. The summed E-state index contributed by atoms with van der Waals surface area (Å²) in [5, 5.41) is 4.20. The maximum atomic E-state index is 13.5. The molecule has 1 aromatic heterocycles. The fourth-order valence-electron chi connectivity index (χ4n) is 4.83. The Morgan fingerprint density at radius 3 is 2.72 bits per heavy atom. The van der Waals surface area contributed by atoms with E-state index in [2.05, 4.69) is 31.2 Å². The van der Waals surface area contributed by atoms with Crippen molar-refractivity contribution in [2.24, 2.45) is 5.92 Å². The molecule has 1 aliphatic rings. The van der Waals surface area contributed by atoms with Gasteiger partial charge in [0, 0.05) is 23.9 Å². The lowest BCUT2D eigenvalue weighted by Crippen LogP contribution is -2.28. The van der Waals surface area contributed by atoms with Crippen molar-refractivity contribution in [3.63, 3.8) is 0 Å². The number of benzene rings is 3. The Balaban J connectivity index is 1.32. The molecule has 3 aromatic carbocycles. The van der Waals surface area contributed by atoms with E-state index in [4.69, 9.17) is 14.2 Å². The van der Waals surface area contributed by atoms with Gasteiger partial charge in [0.2, 0.25) is 10.3 Å². The minimum absolute atomic E-state index is 0.0567. The molecule has 1 aliphatic heterocycles. The van der Waals surface area contributed by atoms with E-state index in [1.807, 2.05) is 62.4 Å². The molecule has 0 fully saturated rings. The van der Waals surface area contributed by atoms with Crippen molar-refractivity contribution in [3.8, 4) is 5.75 Å². The van der Waals surface area contributed by atoms with Gasteiger partial charge in [0.05, 0.1) is 34.3 Å². The molecule has 11 heteroatoms. The summed E-state index contributed by atoms with van der Waals surface area (Å²) >= 11 is 3.57. The summed E-state index contributed by atoms with van der Waals surface area (Å²) in [5.74, 6) is 0.828. The highest BCUT2D eigenvalue weighted by Crippen LogP contribution is 2.40. The highest BCUT2D eigenvalue weighted by molar-refractivity contribution is 9.10. The third-order valence-corrected chi connectivity index (χ3v) is 8.87. The molecule has 224 valence electrons. The normalized spacial score (nSPS) is 15.9. The van der Waals surface area contributed by atoms with Gasteiger partial charge in [-0.3, -0.25) is 0 Å². The molecular formula is C32H31BrFN3O5S. The van der Waals surface area contributed by atoms with E-state index < -0.39 is 15.9 Å². The van der Waals surface area contributed by atoms with Crippen molar-refractivity contribution < 1.29 is 27.0 Å². The van der Waals surface area contributed by atoms with Crippen molar-refractivity contribution in [3.05, 3.63) is 101 Å². The molecule has 0 saturated carbocycles. The second-order valence-electron chi connectivity index (χ2n) is 10.5. The van der Waals surface area contributed by atoms with Crippen LogP contribution in [-0.2, 0) is 32.0 Å². The molecule has 2 heterocycles. The smallest absolute Gasteiger partial charge is 0.215 e. The van der Waals surface area contributed by atoms with E-state index in [0.717, 1.165) is 32.2 Å². The number of ether oxygens (including phenoxy) is 3. The zero-order valence-corrected chi connectivity index (χ0v) is 26.1. The average Bonchev–Trinajstić information content (AvgIpc) is 3.46. The lowest BCUT2D eigenvalue weighted by molar-refractivity contribution is 0.00586. The first-order chi connectivity index (χ1) is 20.7. The number of nitrogens with one attached hydrogen (secondary N) is 1. The SMILES string of the molecule is CC(C)C(COCCC1(c2ccc3ncnc(Nc4ccc(OCc5cccc(F)c5)c(Br)c4)c3c2)CC=CO1)=S(=O)=O. The molecule has 0 spiro atoms. The summed E-state index contributed by atoms with van der Waals surface area (Å²) in [6, 6.07) is 17.9. The van der Waals surface area contributed by atoms with Gasteiger partial charge in [-0.05, 0) is 81.5 Å². The summed E-state index contributed by atoms with van der Waals surface area (Å²) in [6.07, 6.45) is 6.35. The van der Waals surface area contributed by atoms with Crippen LogP contribution in [-0.4, -0.2) is 36.5 Å². The van der Waals surface area contributed by atoms with Crippen LogP contribution in [0.15, 0.2) is 83.8 Å². The van der Waals surface area contributed by atoms with Gasteiger partial charge < -0.3 is 19.5 Å². The largest absolute Gasteiger partial charge is 0.490 e. The van der Waals surface area contributed by atoms with E-state index in [-0.39, 0.29) is 24.9 Å². The molecule has 0 radical (unpaired) electrons. The molecule has 0 saturated heterocycles. The van der Waals surface area contributed by atoms with Gasteiger partial charge >= 0.3 is 0 Å². The number of nitrogens with zero attached hydrogens (tertiary/aromatic N) is 2. The first-order valence-corrected chi connectivity index (χ1v) is 15.7. The number of anilines is 2. The number of hydrogen-bond donors (Lipinski definition) is 1. The maximum Gasteiger partial charge on any atom is 0.215 e. The van der Waals surface area contributed by atoms with E-state index >= 15 is 0 Å². The number of halogens is 2. The van der Waals surface area contributed by atoms with Crippen LogP contribution in [0.2, 0.25) is 0 Å². The van der Waals surface area contributed by atoms with Crippen molar-refractivity contribution in [2.75, 3.05) is 18.5 Å². The molecule has 1 N–H and O–H groups in total. The number of hydrogen-bond acceptors (Lipinski definition) is 8. The van der Waals surface area contributed by atoms with Crippen molar-refractivity contribution in [1.29, 1.82) is 0 Å². The Bertz CT molecular complexity index is 1780. The van der Waals surface area contributed by atoms with Gasteiger partial charge in [0.25, 0.3) is 0 Å².